The summed E-state index contributed by atoms with van der Waals surface area (Å²) in [6, 6.07) is 7.26. The first-order valence-corrected chi connectivity index (χ1v) is 10.1. The van der Waals surface area contributed by atoms with E-state index in [-0.39, 0.29) is 30.6 Å². The van der Waals surface area contributed by atoms with Crippen LogP contribution in [0.3, 0.4) is 0 Å². The fraction of sp³-hybridized carbons (Fsp3) is 0.364. The third-order valence-electron chi connectivity index (χ3n) is 5.24. The van der Waals surface area contributed by atoms with Crippen molar-refractivity contribution in [1.82, 2.24) is 15.0 Å². The minimum Gasteiger partial charge on any atom is -0.470 e. The van der Waals surface area contributed by atoms with Gasteiger partial charge >= 0.3 is 0 Å². The van der Waals surface area contributed by atoms with Crippen LogP contribution in [0.2, 0.25) is 0 Å². The van der Waals surface area contributed by atoms with Crippen molar-refractivity contribution in [2.75, 3.05) is 49.7 Å². The first-order valence-electron chi connectivity index (χ1n) is 10.1. The van der Waals surface area contributed by atoms with Crippen molar-refractivity contribution in [2.45, 2.75) is 13.8 Å². The Hall–Kier alpha value is -3.64. The summed E-state index contributed by atoms with van der Waals surface area (Å²) in [5, 5.41) is 3.99. The Bertz CT molecular complexity index is 1140. The van der Waals surface area contributed by atoms with Gasteiger partial charge in [-0.2, -0.15) is 4.98 Å². The maximum Gasteiger partial charge on any atom is 0.274 e. The zero-order valence-electron chi connectivity index (χ0n) is 17.6. The van der Waals surface area contributed by atoms with Crippen LogP contribution in [0.5, 0.6) is 5.88 Å². The second-order valence-corrected chi connectivity index (χ2v) is 7.31. The van der Waals surface area contributed by atoms with Crippen LogP contribution in [0.4, 0.5) is 11.6 Å². The standard InChI is InChI=1S/C22H24N6O3/c1-14-15(2)24-18-5-4-16(12-17(14)18)25-21(29)19-13-20(31-9-6-23-3)27-22(26-19)28-7-10-30-11-8-28/h4-5,12-13,24H,6-11H2,1-2H3,(H,25,29). The lowest BCUT2D eigenvalue weighted by Crippen LogP contribution is -2.37. The van der Waals surface area contributed by atoms with Gasteiger partial charge in [-0.25, -0.2) is 11.6 Å². The normalized spacial score (nSPS) is 13.8. The van der Waals surface area contributed by atoms with E-state index >= 15 is 0 Å². The number of anilines is 2. The van der Waals surface area contributed by atoms with Crippen molar-refractivity contribution in [3.63, 3.8) is 0 Å². The molecule has 3 heterocycles. The van der Waals surface area contributed by atoms with Gasteiger partial charge in [0.25, 0.3) is 5.91 Å². The fourth-order valence-electron chi connectivity index (χ4n) is 3.44. The van der Waals surface area contributed by atoms with Gasteiger partial charge in [0.05, 0.1) is 13.2 Å². The number of morpholine rings is 1. The number of fused-ring (bicyclic) bond motifs is 1. The highest BCUT2D eigenvalue weighted by Crippen LogP contribution is 2.25. The van der Waals surface area contributed by atoms with Gasteiger partial charge in [-0.3, -0.25) is 4.79 Å². The monoisotopic (exact) mass is 420 g/mol. The number of amides is 1. The molecular formula is C22H24N6O3. The van der Waals surface area contributed by atoms with Crippen LogP contribution in [-0.2, 0) is 4.74 Å². The molecule has 1 amide bonds. The molecule has 31 heavy (non-hydrogen) atoms. The summed E-state index contributed by atoms with van der Waals surface area (Å²) >= 11 is 0. The third kappa shape index (κ3) is 4.59. The summed E-state index contributed by atoms with van der Waals surface area (Å²) in [7, 11) is 0. The van der Waals surface area contributed by atoms with Gasteiger partial charge in [0, 0.05) is 41.4 Å². The Labute approximate surface area is 180 Å². The first kappa shape index (κ1) is 20.6. The van der Waals surface area contributed by atoms with Crippen molar-refractivity contribution in [2.24, 2.45) is 0 Å². The molecule has 0 atom stereocenters. The zero-order chi connectivity index (χ0) is 21.8. The first-order chi connectivity index (χ1) is 15.0. The molecule has 9 nitrogen and oxygen atoms in total. The molecule has 3 aromatic rings. The number of rotatable bonds is 6. The van der Waals surface area contributed by atoms with Crippen LogP contribution >= 0.6 is 0 Å². The molecule has 1 aromatic carbocycles. The highest BCUT2D eigenvalue weighted by atomic mass is 16.5. The number of nitrogens with zero attached hydrogens (tertiary/aromatic N) is 4. The van der Waals surface area contributed by atoms with E-state index in [1.165, 1.54) is 6.07 Å². The van der Waals surface area contributed by atoms with Gasteiger partial charge in [0.1, 0.15) is 5.69 Å². The van der Waals surface area contributed by atoms with E-state index in [2.05, 4.69) is 25.1 Å². The van der Waals surface area contributed by atoms with Gasteiger partial charge in [-0.1, -0.05) is 0 Å². The van der Waals surface area contributed by atoms with Gasteiger partial charge in [-0.05, 0) is 37.6 Å². The van der Waals surface area contributed by atoms with Gasteiger partial charge in [-0.15, -0.1) is 0 Å². The molecule has 1 aliphatic rings. The van der Waals surface area contributed by atoms with Gasteiger partial charge in [0.15, 0.2) is 6.61 Å². The predicted molar refractivity (Wildman–Crippen MR) is 118 cm³/mol. The van der Waals surface area contributed by atoms with E-state index in [0.29, 0.717) is 37.9 Å². The van der Waals surface area contributed by atoms with Crippen LogP contribution < -0.4 is 15.0 Å². The second kappa shape index (κ2) is 9.02. The molecule has 2 aromatic heterocycles. The number of aromatic nitrogens is 3. The largest absolute Gasteiger partial charge is 0.470 e. The number of ether oxygens (including phenoxy) is 2. The molecule has 1 fully saturated rings. The Morgan fingerprint density at radius 3 is 2.87 bits per heavy atom. The number of nitrogens with one attached hydrogen (secondary N) is 2. The Kier molecular flexibility index (Phi) is 6.00. The van der Waals surface area contributed by atoms with Crippen LogP contribution in [0.25, 0.3) is 15.7 Å². The van der Waals surface area contributed by atoms with Crippen LogP contribution in [-0.4, -0.2) is 60.3 Å². The highest BCUT2D eigenvalue weighted by Gasteiger charge is 2.19. The average Bonchev–Trinajstić information content (AvgIpc) is 3.07. The summed E-state index contributed by atoms with van der Waals surface area (Å²) in [6.45, 7) is 13.8. The molecule has 160 valence electrons. The number of benzene rings is 1. The Morgan fingerprint density at radius 2 is 2.10 bits per heavy atom. The summed E-state index contributed by atoms with van der Waals surface area (Å²) < 4.78 is 11.0. The molecule has 2 N–H and O–H groups in total. The van der Waals surface area contributed by atoms with Crippen molar-refractivity contribution >= 4 is 28.4 Å². The Balaban J connectivity index is 1.60. The molecule has 0 spiro atoms. The van der Waals surface area contributed by atoms with Crippen LogP contribution in [0, 0.1) is 20.4 Å². The van der Waals surface area contributed by atoms with Crippen LogP contribution in [0.1, 0.15) is 21.7 Å². The van der Waals surface area contributed by atoms with Gasteiger partial charge < -0.3 is 29.5 Å². The lowest BCUT2D eigenvalue weighted by molar-refractivity contribution is 0.102. The lowest BCUT2D eigenvalue weighted by atomic mass is 10.1. The minimum atomic E-state index is -0.351. The zero-order valence-corrected chi connectivity index (χ0v) is 17.6. The fourth-order valence-corrected chi connectivity index (χ4v) is 3.44. The molecule has 0 aliphatic carbocycles. The van der Waals surface area contributed by atoms with Crippen molar-refractivity contribution in [3.8, 4) is 5.88 Å². The average molecular weight is 420 g/mol. The molecule has 9 heteroatoms. The van der Waals surface area contributed by atoms with Crippen molar-refractivity contribution in [3.05, 3.63) is 52.6 Å². The smallest absolute Gasteiger partial charge is 0.274 e. The molecule has 0 saturated carbocycles. The summed E-state index contributed by atoms with van der Waals surface area (Å²) in [5.41, 5.74) is 4.17. The minimum absolute atomic E-state index is 0.201. The number of carbonyl (C=O) groups excluding carboxylic acids is 1. The SMILES string of the molecule is [C-]#[N+]CCOc1cc(C(=O)Nc2ccc3[nH]c(C)c(C)c3c2)nc(N2CCOCC2)n1. The van der Waals surface area contributed by atoms with E-state index in [0.717, 1.165) is 22.2 Å². The number of hydrogen-bond acceptors (Lipinski definition) is 6. The number of H-pyrrole nitrogens is 1. The maximum absolute atomic E-state index is 13.0. The maximum atomic E-state index is 13.0. The highest BCUT2D eigenvalue weighted by molar-refractivity contribution is 6.04. The van der Waals surface area contributed by atoms with E-state index < -0.39 is 0 Å². The quantitative estimate of drug-likeness (QED) is 0.470. The number of carbonyl (C=O) groups is 1. The molecule has 0 unspecified atom stereocenters. The number of hydrogen-bond donors (Lipinski definition) is 2. The molecule has 0 bridgehead atoms. The number of aromatic amines is 1. The van der Waals surface area contributed by atoms with Crippen molar-refractivity contribution < 1.29 is 14.3 Å². The summed E-state index contributed by atoms with van der Waals surface area (Å²) in [5.74, 6) is 0.343. The molecule has 4 rings (SSSR count). The third-order valence-corrected chi connectivity index (χ3v) is 5.24. The summed E-state index contributed by atoms with van der Waals surface area (Å²) in [4.78, 5) is 30.5. The predicted octanol–water partition coefficient (Wildman–Crippen LogP) is 2.96. The molecule has 1 saturated heterocycles. The summed E-state index contributed by atoms with van der Waals surface area (Å²) in [6.07, 6.45) is 0. The van der Waals surface area contributed by atoms with E-state index in [1.54, 1.807) is 0 Å². The van der Waals surface area contributed by atoms with Crippen LogP contribution in [0.15, 0.2) is 24.3 Å². The second-order valence-electron chi connectivity index (χ2n) is 7.31. The van der Waals surface area contributed by atoms with Crippen molar-refractivity contribution in [1.29, 1.82) is 0 Å². The van der Waals surface area contributed by atoms with E-state index in [4.69, 9.17) is 16.0 Å². The van der Waals surface area contributed by atoms with E-state index in [9.17, 15) is 4.79 Å². The molecule has 1 aliphatic heterocycles. The van der Waals surface area contributed by atoms with E-state index in [1.807, 2.05) is 36.9 Å². The Morgan fingerprint density at radius 1 is 1.29 bits per heavy atom. The lowest BCUT2D eigenvalue weighted by Gasteiger charge is -2.27. The van der Waals surface area contributed by atoms with Gasteiger partial charge in [0.2, 0.25) is 18.4 Å². The topological polar surface area (TPSA) is 96.7 Å². The molecule has 0 radical (unpaired) electrons. The molecular weight excluding hydrogens is 396 g/mol. The number of aryl methyl sites for hydroxylation is 2.